The van der Waals surface area contributed by atoms with Crippen molar-refractivity contribution >= 4 is 28.4 Å². The van der Waals surface area contributed by atoms with Crippen molar-refractivity contribution in [1.82, 2.24) is 9.99 Å². The molecule has 4 nitrogen and oxygen atoms in total. The van der Waals surface area contributed by atoms with Gasteiger partial charge in [0.25, 0.3) is 5.91 Å². The third-order valence-electron chi connectivity index (χ3n) is 3.84. The Hall–Kier alpha value is -2.30. The quantitative estimate of drug-likeness (QED) is 0.443. The van der Waals surface area contributed by atoms with Gasteiger partial charge in [-0.25, -0.2) is 5.84 Å². The first kappa shape index (κ1) is 14.6. The Balaban J connectivity index is 2.15. The van der Waals surface area contributed by atoms with E-state index in [0.29, 0.717) is 17.1 Å². The molecule has 3 N–H and O–H groups in total. The summed E-state index contributed by atoms with van der Waals surface area (Å²) in [5.74, 6) is 5.04. The summed E-state index contributed by atoms with van der Waals surface area (Å²) in [4.78, 5) is 12.1. The minimum absolute atomic E-state index is 0.274. The van der Waals surface area contributed by atoms with E-state index in [1.54, 1.807) is 0 Å². The number of carbonyl (C=O) groups is 1. The average Bonchev–Trinajstić information content (AvgIpc) is 2.81. The number of nitrogens with two attached hydrogens (primary N) is 1. The van der Waals surface area contributed by atoms with Crippen LogP contribution in [0.25, 0.3) is 10.9 Å². The van der Waals surface area contributed by atoms with E-state index >= 15 is 0 Å². The Labute approximate surface area is 133 Å². The van der Waals surface area contributed by atoms with Crippen LogP contribution in [0, 0.1) is 6.92 Å². The zero-order chi connectivity index (χ0) is 15.7. The lowest BCUT2D eigenvalue weighted by molar-refractivity contribution is 0.0954. The van der Waals surface area contributed by atoms with Gasteiger partial charge in [-0.15, -0.1) is 0 Å². The van der Waals surface area contributed by atoms with Gasteiger partial charge in [0.2, 0.25) is 0 Å². The molecule has 0 aliphatic carbocycles. The number of amides is 1. The van der Waals surface area contributed by atoms with Gasteiger partial charge < -0.3 is 4.57 Å². The summed E-state index contributed by atoms with van der Waals surface area (Å²) in [5.41, 5.74) is 5.86. The summed E-state index contributed by atoms with van der Waals surface area (Å²) in [5, 5.41) is 1.61. The van der Waals surface area contributed by atoms with Crippen molar-refractivity contribution in [2.75, 3.05) is 0 Å². The van der Waals surface area contributed by atoms with Crippen molar-refractivity contribution in [2.45, 2.75) is 13.5 Å². The van der Waals surface area contributed by atoms with Crippen LogP contribution in [0.2, 0.25) is 5.02 Å². The monoisotopic (exact) mass is 313 g/mol. The Bertz CT molecular complexity index is 837. The van der Waals surface area contributed by atoms with Gasteiger partial charge in [0.05, 0.1) is 5.56 Å². The summed E-state index contributed by atoms with van der Waals surface area (Å²) >= 11 is 5.93. The molecule has 22 heavy (non-hydrogen) atoms. The Kier molecular flexibility index (Phi) is 3.88. The molecule has 0 radical (unpaired) electrons. The molecule has 0 saturated heterocycles. The Morgan fingerprint density at radius 3 is 2.55 bits per heavy atom. The highest BCUT2D eigenvalue weighted by Gasteiger charge is 2.18. The van der Waals surface area contributed by atoms with Gasteiger partial charge in [-0.1, -0.05) is 41.9 Å². The highest BCUT2D eigenvalue weighted by Crippen LogP contribution is 2.26. The predicted octanol–water partition coefficient (Wildman–Crippen LogP) is 3.25. The summed E-state index contributed by atoms with van der Waals surface area (Å²) < 4.78 is 2.11. The van der Waals surface area contributed by atoms with E-state index in [1.807, 2.05) is 55.5 Å². The van der Waals surface area contributed by atoms with Crippen LogP contribution in [0.5, 0.6) is 0 Å². The molecule has 0 fully saturated rings. The maximum absolute atomic E-state index is 12.1. The second kappa shape index (κ2) is 5.83. The fraction of sp³-hybridized carbons (Fsp3) is 0.118. The number of aromatic nitrogens is 1. The number of hydrogen-bond acceptors (Lipinski definition) is 2. The standard InChI is InChI=1S/C17H16ClN3O/c1-11-16(17(22)20-19)14-4-2-3-5-15(14)21(11)10-12-6-8-13(18)9-7-12/h2-9H,10,19H2,1H3,(H,20,22). The molecule has 0 spiro atoms. The maximum Gasteiger partial charge on any atom is 0.267 e. The highest BCUT2D eigenvalue weighted by atomic mass is 35.5. The third kappa shape index (κ3) is 2.47. The molecule has 1 amide bonds. The minimum Gasteiger partial charge on any atom is -0.340 e. The number of halogens is 1. The number of carbonyl (C=O) groups excluding carboxylic acids is 1. The van der Waals surface area contributed by atoms with E-state index in [2.05, 4.69) is 9.99 Å². The van der Waals surface area contributed by atoms with E-state index < -0.39 is 0 Å². The van der Waals surface area contributed by atoms with Gasteiger partial charge in [0, 0.05) is 28.2 Å². The Morgan fingerprint density at radius 1 is 1.18 bits per heavy atom. The van der Waals surface area contributed by atoms with E-state index in [9.17, 15) is 4.79 Å². The number of hydrazine groups is 1. The first-order chi connectivity index (χ1) is 10.6. The zero-order valence-electron chi connectivity index (χ0n) is 12.1. The van der Waals surface area contributed by atoms with Crippen LogP contribution in [-0.4, -0.2) is 10.5 Å². The number of nitrogens with zero attached hydrogens (tertiary/aromatic N) is 1. The Morgan fingerprint density at radius 2 is 1.86 bits per heavy atom. The lowest BCUT2D eigenvalue weighted by atomic mass is 10.1. The van der Waals surface area contributed by atoms with Crippen molar-refractivity contribution in [3.05, 3.63) is 70.4 Å². The van der Waals surface area contributed by atoms with E-state index in [4.69, 9.17) is 17.4 Å². The topological polar surface area (TPSA) is 60.1 Å². The van der Waals surface area contributed by atoms with Crippen molar-refractivity contribution in [3.8, 4) is 0 Å². The largest absolute Gasteiger partial charge is 0.340 e. The van der Waals surface area contributed by atoms with Gasteiger partial charge in [0.1, 0.15) is 0 Å². The number of para-hydroxylation sites is 1. The average molecular weight is 314 g/mol. The normalized spacial score (nSPS) is 10.9. The molecule has 3 rings (SSSR count). The number of benzene rings is 2. The van der Waals surface area contributed by atoms with Crippen LogP contribution >= 0.6 is 11.6 Å². The van der Waals surface area contributed by atoms with Gasteiger partial charge in [-0.05, 0) is 30.7 Å². The third-order valence-corrected chi connectivity index (χ3v) is 4.09. The number of nitrogen functional groups attached to an aromatic ring is 1. The van der Waals surface area contributed by atoms with Crippen LogP contribution < -0.4 is 11.3 Å². The van der Waals surface area contributed by atoms with E-state index in [1.165, 1.54) is 0 Å². The molecule has 0 unspecified atom stereocenters. The molecule has 0 saturated carbocycles. The molecular weight excluding hydrogens is 298 g/mol. The summed E-state index contributed by atoms with van der Waals surface area (Å²) in [6.07, 6.45) is 0. The lowest BCUT2D eigenvalue weighted by Gasteiger charge is -2.09. The minimum atomic E-state index is -0.274. The molecule has 112 valence electrons. The lowest BCUT2D eigenvalue weighted by Crippen LogP contribution is -2.30. The van der Waals surface area contributed by atoms with Crippen LogP contribution in [0.1, 0.15) is 21.6 Å². The number of nitrogens with one attached hydrogen (secondary N) is 1. The molecule has 0 aliphatic rings. The smallest absolute Gasteiger partial charge is 0.267 e. The highest BCUT2D eigenvalue weighted by molar-refractivity contribution is 6.30. The molecule has 1 aromatic heterocycles. The maximum atomic E-state index is 12.1. The fourth-order valence-electron chi connectivity index (χ4n) is 2.77. The van der Waals surface area contributed by atoms with Crippen molar-refractivity contribution < 1.29 is 4.79 Å². The molecule has 0 aliphatic heterocycles. The fourth-order valence-corrected chi connectivity index (χ4v) is 2.89. The van der Waals surface area contributed by atoms with Crippen LogP contribution in [0.4, 0.5) is 0 Å². The number of fused-ring (bicyclic) bond motifs is 1. The molecular formula is C17H16ClN3O. The second-order valence-electron chi connectivity index (χ2n) is 5.16. The molecule has 1 heterocycles. The zero-order valence-corrected chi connectivity index (χ0v) is 12.9. The molecule has 0 atom stereocenters. The van der Waals surface area contributed by atoms with E-state index in [-0.39, 0.29) is 5.91 Å². The van der Waals surface area contributed by atoms with Gasteiger partial charge in [0.15, 0.2) is 0 Å². The van der Waals surface area contributed by atoms with Gasteiger partial charge in [-0.3, -0.25) is 10.2 Å². The van der Waals surface area contributed by atoms with Gasteiger partial charge >= 0.3 is 0 Å². The van der Waals surface area contributed by atoms with Crippen molar-refractivity contribution in [2.24, 2.45) is 5.84 Å². The van der Waals surface area contributed by atoms with Crippen molar-refractivity contribution in [1.29, 1.82) is 0 Å². The first-order valence-electron chi connectivity index (χ1n) is 6.95. The number of rotatable bonds is 3. The molecule has 2 aromatic carbocycles. The van der Waals surface area contributed by atoms with Crippen LogP contribution in [0.15, 0.2) is 48.5 Å². The SMILES string of the molecule is Cc1c(C(=O)NN)c2ccccc2n1Cc1ccc(Cl)cc1. The van der Waals surface area contributed by atoms with Gasteiger partial charge in [-0.2, -0.15) is 0 Å². The van der Waals surface area contributed by atoms with Crippen molar-refractivity contribution in [3.63, 3.8) is 0 Å². The molecule has 3 aromatic rings. The van der Waals surface area contributed by atoms with Crippen LogP contribution in [-0.2, 0) is 6.54 Å². The van der Waals surface area contributed by atoms with E-state index in [0.717, 1.165) is 22.2 Å². The summed E-state index contributed by atoms with van der Waals surface area (Å²) in [6, 6.07) is 15.5. The summed E-state index contributed by atoms with van der Waals surface area (Å²) in [7, 11) is 0. The molecule has 0 bridgehead atoms. The molecule has 5 heteroatoms. The number of hydrogen-bond donors (Lipinski definition) is 2. The first-order valence-corrected chi connectivity index (χ1v) is 7.33. The van der Waals surface area contributed by atoms with Crippen LogP contribution in [0.3, 0.4) is 0 Å². The predicted molar refractivity (Wildman–Crippen MR) is 88.9 cm³/mol. The summed E-state index contributed by atoms with van der Waals surface area (Å²) in [6.45, 7) is 2.60. The second-order valence-corrected chi connectivity index (χ2v) is 5.60.